The van der Waals surface area contributed by atoms with Crippen LogP contribution in [0.15, 0.2) is 24.3 Å². The molecule has 0 aromatic heterocycles. The summed E-state index contributed by atoms with van der Waals surface area (Å²) in [5, 5.41) is 3.04. The lowest BCUT2D eigenvalue weighted by Gasteiger charge is -2.45. The molecule has 3 rings (SSSR count). The fourth-order valence-electron chi connectivity index (χ4n) is 3.21. The first-order chi connectivity index (χ1) is 9.22. The van der Waals surface area contributed by atoms with Crippen molar-refractivity contribution in [1.29, 1.82) is 0 Å². The summed E-state index contributed by atoms with van der Waals surface area (Å²) in [7, 11) is 0. The molecule has 4 nitrogen and oxygen atoms in total. The maximum atomic E-state index is 12.3. The molecular formula is C15H20N2O2. The highest BCUT2D eigenvalue weighted by atomic mass is 16.5. The number of hydrogen-bond donors (Lipinski definition) is 2. The molecule has 2 fully saturated rings. The molecule has 4 heteroatoms. The fraction of sp³-hybridized carbons (Fsp3) is 0.533. The average molecular weight is 260 g/mol. The van der Waals surface area contributed by atoms with Gasteiger partial charge in [0.05, 0.1) is 12.1 Å². The molecule has 1 aromatic carbocycles. The lowest BCUT2D eigenvalue weighted by atomic mass is 9.72. The van der Waals surface area contributed by atoms with Gasteiger partial charge in [-0.2, -0.15) is 0 Å². The molecule has 1 saturated carbocycles. The molecule has 4 atom stereocenters. The minimum atomic E-state index is -0.0371. The van der Waals surface area contributed by atoms with Crippen LogP contribution in [0.3, 0.4) is 0 Å². The topological polar surface area (TPSA) is 64.4 Å². The van der Waals surface area contributed by atoms with Gasteiger partial charge in [0.25, 0.3) is 5.91 Å². The van der Waals surface area contributed by atoms with E-state index < -0.39 is 0 Å². The van der Waals surface area contributed by atoms with Crippen LogP contribution in [0, 0.1) is 5.92 Å². The number of fused-ring (bicyclic) bond motifs is 1. The maximum absolute atomic E-state index is 12.3. The first-order valence-corrected chi connectivity index (χ1v) is 6.98. The molecule has 3 N–H and O–H groups in total. The van der Waals surface area contributed by atoms with Crippen LogP contribution in [-0.4, -0.2) is 30.7 Å². The van der Waals surface area contributed by atoms with Gasteiger partial charge in [0.2, 0.25) is 0 Å². The third kappa shape index (κ3) is 2.05. The molecule has 0 bridgehead atoms. The van der Waals surface area contributed by atoms with E-state index in [0.717, 1.165) is 30.6 Å². The number of benzene rings is 1. The Balaban J connectivity index is 1.72. The number of nitrogens with one attached hydrogen (secondary N) is 1. The van der Waals surface area contributed by atoms with Gasteiger partial charge < -0.3 is 15.8 Å². The fourth-order valence-corrected chi connectivity index (χ4v) is 3.21. The Kier molecular flexibility index (Phi) is 3.29. The zero-order chi connectivity index (χ0) is 13.4. The second kappa shape index (κ2) is 4.94. The van der Waals surface area contributed by atoms with Crippen molar-refractivity contribution < 1.29 is 9.53 Å². The predicted octanol–water partition coefficient (Wildman–Crippen LogP) is 1.09. The molecule has 1 amide bonds. The largest absolute Gasteiger partial charge is 0.376 e. The Hall–Kier alpha value is -1.39. The normalized spacial score (nSPS) is 32.5. The minimum absolute atomic E-state index is 0.0326. The molecule has 1 saturated heterocycles. The van der Waals surface area contributed by atoms with Gasteiger partial charge in [-0.25, -0.2) is 0 Å². The standard InChI is InChI=1S/C15H20N2O2/c1-2-9-5-3-4-6-10(9)15(18)17-13-12(16)11-7-8-19-14(11)13/h3-6,11-14H,2,7-8,16H2,1H3,(H,17,18). The van der Waals surface area contributed by atoms with E-state index in [4.69, 9.17) is 10.5 Å². The van der Waals surface area contributed by atoms with E-state index in [-0.39, 0.29) is 24.1 Å². The van der Waals surface area contributed by atoms with Gasteiger partial charge in [-0.05, 0) is 24.5 Å². The summed E-state index contributed by atoms with van der Waals surface area (Å²) < 4.78 is 5.63. The summed E-state index contributed by atoms with van der Waals surface area (Å²) in [6.07, 6.45) is 1.99. The minimum Gasteiger partial charge on any atom is -0.376 e. The number of amides is 1. The van der Waals surface area contributed by atoms with Crippen LogP contribution < -0.4 is 11.1 Å². The number of aryl methyl sites for hydroxylation is 1. The Morgan fingerprint density at radius 2 is 2.26 bits per heavy atom. The average Bonchev–Trinajstić information content (AvgIpc) is 2.89. The molecule has 19 heavy (non-hydrogen) atoms. The van der Waals surface area contributed by atoms with E-state index in [1.54, 1.807) is 0 Å². The lowest BCUT2D eigenvalue weighted by molar-refractivity contribution is -0.0161. The van der Waals surface area contributed by atoms with Crippen molar-refractivity contribution in [1.82, 2.24) is 5.32 Å². The van der Waals surface area contributed by atoms with Gasteiger partial charge in [-0.15, -0.1) is 0 Å². The highest BCUT2D eigenvalue weighted by Gasteiger charge is 2.52. The third-order valence-corrected chi connectivity index (χ3v) is 4.39. The molecular weight excluding hydrogens is 240 g/mol. The van der Waals surface area contributed by atoms with Gasteiger partial charge in [0.15, 0.2) is 0 Å². The molecule has 1 aromatic rings. The summed E-state index contributed by atoms with van der Waals surface area (Å²) in [5.74, 6) is 0.388. The highest BCUT2D eigenvalue weighted by molar-refractivity contribution is 5.96. The van der Waals surface area contributed by atoms with Crippen LogP contribution in [0.5, 0.6) is 0 Å². The molecule has 0 radical (unpaired) electrons. The van der Waals surface area contributed by atoms with E-state index in [1.165, 1.54) is 0 Å². The summed E-state index contributed by atoms with van der Waals surface area (Å²) in [5.41, 5.74) is 7.93. The van der Waals surface area contributed by atoms with Gasteiger partial charge in [-0.1, -0.05) is 25.1 Å². The van der Waals surface area contributed by atoms with Crippen molar-refractivity contribution in [2.24, 2.45) is 11.7 Å². The van der Waals surface area contributed by atoms with E-state index in [9.17, 15) is 4.79 Å². The number of carbonyl (C=O) groups excluding carboxylic acids is 1. The first kappa shape index (κ1) is 12.6. The van der Waals surface area contributed by atoms with Crippen molar-refractivity contribution in [3.63, 3.8) is 0 Å². The zero-order valence-electron chi connectivity index (χ0n) is 11.1. The Morgan fingerprint density at radius 1 is 1.47 bits per heavy atom. The van der Waals surface area contributed by atoms with Crippen LogP contribution >= 0.6 is 0 Å². The van der Waals surface area contributed by atoms with Crippen molar-refractivity contribution in [3.8, 4) is 0 Å². The van der Waals surface area contributed by atoms with E-state index >= 15 is 0 Å². The van der Waals surface area contributed by atoms with Crippen molar-refractivity contribution >= 4 is 5.91 Å². The van der Waals surface area contributed by atoms with E-state index in [1.807, 2.05) is 24.3 Å². The number of ether oxygens (including phenoxy) is 1. The Labute approximate surface area is 113 Å². The van der Waals surface area contributed by atoms with Gasteiger partial charge in [0.1, 0.15) is 0 Å². The quantitative estimate of drug-likeness (QED) is 0.855. The van der Waals surface area contributed by atoms with Crippen molar-refractivity contribution in [2.75, 3.05) is 6.61 Å². The van der Waals surface area contributed by atoms with Gasteiger partial charge >= 0.3 is 0 Å². The second-order valence-corrected chi connectivity index (χ2v) is 5.38. The summed E-state index contributed by atoms with van der Waals surface area (Å²) in [6.45, 7) is 2.82. The number of nitrogens with two attached hydrogens (primary N) is 1. The predicted molar refractivity (Wildman–Crippen MR) is 72.9 cm³/mol. The van der Waals surface area contributed by atoms with Crippen LogP contribution in [-0.2, 0) is 11.2 Å². The first-order valence-electron chi connectivity index (χ1n) is 6.98. The van der Waals surface area contributed by atoms with Crippen molar-refractivity contribution in [2.45, 2.75) is 38.0 Å². The summed E-state index contributed by atoms with van der Waals surface area (Å²) in [6, 6.07) is 7.70. The number of hydrogen-bond acceptors (Lipinski definition) is 3. The van der Waals surface area contributed by atoms with Crippen LogP contribution in [0.1, 0.15) is 29.3 Å². The van der Waals surface area contributed by atoms with E-state index in [0.29, 0.717) is 5.92 Å². The molecule has 1 heterocycles. The van der Waals surface area contributed by atoms with Crippen LogP contribution in [0.4, 0.5) is 0 Å². The van der Waals surface area contributed by atoms with Gasteiger partial charge in [0, 0.05) is 24.1 Å². The Morgan fingerprint density at radius 3 is 3.05 bits per heavy atom. The molecule has 0 spiro atoms. The van der Waals surface area contributed by atoms with Crippen LogP contribution in [0.2, 0.25) is 0 Å². The third-order valence-electron chi connectivity index (χ3n) is 4.39. The molecule has 1 aliphatic heterocycles. The molecule has 102 valence electrons. The molecule has 4 unspecified atom stereocenters. The number of carbonyl (C=O) groups is 1. The second-order valence-electron chi connectivity index (χ2n) is 5.38. The zero-order valence-corrected chi connectivity index (χ0v) is 11.1. The summed E-state index contributed by atoms with van der Waals surface area (Å²) in [4.78, 5) is 12.3. The Bertz CT molecular complexity index is 489. The lowest BCUT2D eigenvalue weighted by Crippen LogP contribution is -2.69. The maximum Gasteiger partial charge on any atom is 0.251 e. The molecule has 2 aliphatic rings. The molecule has 1 aliphatic carbocycles. The summed E-state index contributed by atoms with van der Waals surface area (Å²) >= 11 is 0. The highest BCUT2D eigenvalue weighted by Crippen LogP contribution is 2.37. The van der Waals surface area contributed by atoms with Gasteiger partial charge in [-0.3, -0.25) is 4.79 Å². The van der Waals surface area contributed by atoms with Crippen LogP contribution in [0.25, 0.3) is 0 Å². The number of rotatable bonds is 3. The monoisotopic (exact) mass is 260 g/mol. The SMILES string of the molecule is CCc1ccccc1C(=O)NC1C(N)C2CCOC21. The van der Waals surface area contributed by atoms with E-state index in [2.05, 4.69) is 12.2 Å². The smallest absolute Gasteiger partial charge is 0.251 e. The van der Waals surface area contributed by atoms with Crippen molar-refractivity contribution in [3.05, 3.63) is 35.4 Å².